The molecule has 0 saturated carbocycles. The van der Waals surface area contributed by atoms with Gasteiger partial charge in [0.1, 0.15) is 0 Å². The van der Waals surface area contributed by atoms with Gasteiger partial charge < -0.3 is 5.11 Å². The molecule has 1 rings (SSSR count). The third kappa shape index (κ3) is 2.86. The average molecular weight is 203 g/mol. The van der Waals surface area contributed by atoms with Crippen LogP contribution in [0.25, 0.3) is 0 Å². The quantitative estimate of drug-likeness (QED) is 0.675. The van der Waals surface area contributed by atoms with Crippen LogP contribution in [-0.2, 0) is 0 Å². The van der Waals surface area contributed by atoms with Gasteiger partial charge in [0.15, 0.2) is 0 Å². The first kappa shape index (κ1) is 11.3. The van der Waals surface area contributed by atoms with Crippen LogP contribution >= 0.6 is 12.6 Å². The highest BCUT2D eigenvalue weighted by atomic mass is 32.1. The van der Waals surface area contributed by atoms with Gasteiger partial charge in [0, 0.05) is 18.3 Å². The van der Waals surface area contributed by atoms with E-state index in [1.807, 2.05) is 0 Å². The zero-order valence-corrected chi connectivity index (χ0v) is 9.72. The topological polar surface area (TPSA) is 23.5 Å². The van der Waals surface area contributed by atoms with Crippen molar-refractivity contribution < 1.29 is 5.11 Å². The number of aliphatic hydroxyl groups is 1. The van der Waals surface area contributed by atoms with Crippen molar-refractivity contribution in [1.82, 2.24) is 4.90 Å². The van der Waals surface area contributed by atoms with Gasteiger partial charge in [0.05, 0.1) is 5.60 Å². The second-order valence-electron chi connectivity index (χ2n) is 4.61. The molecule has 0 spiro atoms. The van der Waals surface area contributed by atoms with Gasteiger partial charge in [-0.2, -0.15) is 12.6 Å². The molecule has 1 atom stereocenters. The fraction of sp³-hybridized carbons (Fsp3) is 1.00. The van der Waals surface area contributed by atoms with Crippen LogP contribution in [0.15, 0.2) is 0 Å². The van der Waals surface area contributed by atoms with Crippen LogP contribution < -0.4 is 0 Å². The van der Waals surface area contributed by atoms with E-state index in [1.54, 1.807) is 0 Å². The highest BCUT2D eigenvalue weighted by Crippen LogP contribution is 2.28. The van der Waals surface area contributed by atoms with Gasteiger partial charge in [-0.15, -0.1) is 0 Å². The van der Waals surface area contributed by atoms with Gasteiger partial charge in [-0.05, 0) is 18.9 Å². The van der Waals surface area contributed by atoms with Crippen molar-refractivity contribution in [2.45, 2.75) is 38.0 Å². The summed E-state index contributed by atoms with van der Waals surface area (Å²) in [5.41, 5.74) is -0.417. The molecular weight excluding hydrogens is 182 g/mol. The van der Waals surface area contributed by atoms with Crippen LogP contribution in [0, 0.1) is 5.92 Å². The summed E-state index contributed by atoms with van der Waals surface area (Å²) in [5, 5.41) is 10.4. The van der Waals surface area contributed by atoms with Crippen molar-refractivity contribution in [2.24, 2.45) is 5.92 Å². The van der Waals surface area contributed by atoms with Crippen LogP contribution in [0.5, 0.6) is 0 Å². The number of rotatable bonds is 4. The van der Waals surface area contributed by atoms with Gasteiger partial charge in [0.2, 0.25) is 0 Å². The lowest BCUT2D eigenvalue weighted by atomic mass is 9.83. The molecule has 1 unspecified atom stereocenters. The van der Waals surface area contributed by atoms with E-state index in [1.165, 1.54) is 0 Å². The highest BCUT2D eigenvalue weighted by Gasteiger charge is 2.42. The van der Waals surface area contributed by atoms with E-state index in [4.69, 9.17) is 0 Å². The molecule has 0 aliphatic carbocycles. The summed E-state index contributed by atoms with van der Waals surface area (Å²) < 4.78 is 0. The Bertz CT molecular complexity index is 164. The Balaban J connectivity index is 2.18. The van der Waals surface area contributed by atoms with Crippen LogP contribution in [-0.4, -0.2) is 40.5 Å². The predicted molar refractivity (Wildman–Crippen MR) is 59.3 cm³/mol. The van der Waals surface area contributed by atoms with Gasteiger partial charge in [-0.3, -0.25) is 4.90 Å². The van der Waals surface area contributed by atoms with E-state index in [-0.39, 0.29) is 0 Å². The summed E-state index contributed by atoms with van der Waals surface area (Å²) in [6.45, 7) is 9.02. The molecule has 1 fully saturated rings. The molecule has 0 aromatic heterocycles. The summed E-state index contributed by atoms with van der Waals surface area (Å²) in [4.78, 5) is 2.30. The molecule has 13 heavy (non-hydrogen) atoms. The standard InChI is InChI=1S/C10H21NOS/c1-8(2)10(12)6-11(7-10)5-4-9(3)13/h8-9,12-13H,4-7H2,1-3H3. The van der Waals surface area contributed by atoms with E-state index in [2.05, 4.69) is 38.3 Å². The second-order valence-corrected chi connectivity index (χ2v) is 5.49. The van der Waals surface area contributed by atoms with Crippen LogP contribution in [0.2, 0.25) is 0 Å². The first-order chi connectivity index (χ1) is 5.94. The number of likely N-dealkylation sites (tertiary alicyclic amines) is 1. The number of nitrogens with zero attached hydrogens (tertiary/aromatic N) is 1. The average Bonchev–Trinajstić information content (AvgIpc) is 1.95. The van der Waals surface area contributed by atoms with E-state index in [9.17, 15) is 5.11 Å². The molecule has 1 heterocycles. The minimum atomic E-state index is -0.417. The fourth-order valence-corrected chi connectivity index (χ4v) is 1.74. The minimum Gasteiger partial charge on any atom is -0.387 e. The Kier molecular flexibility index (Phi) is 3.66. The zero-order chi connectivity index (χ0) is 10.1. The van der Waals surface area contributed by atoms with E-state index in [0.717, 1.165) is 26.1 Å². The van der Waals surface area contributed by atoms with Gasteiger partial charge in [-0.25, -0.2) is 0 Å². The lowest BCUT2D eigenvalue weighted by molar-refractivity contribution is -0.127. The molecular formula is C10H21NOS. The Morgan fingerprint density at radius 3 is 2.31 bits per heavy atom. The van der Waals surface area contributed by atoms with Gasteiger partial charge in [-0.1, -0.05) is 20.8 Å². The van der Waals surface area contributed by atoms with Crippen molar-refractivity contribution in [2.75, 3.05) is 19.6 Å². The van der Waals surface area contributed by atoms with E-state index >= 15 is 0 Å². The monoisotopic (exact) mass is 203 g/mol. The molecule has 0 aromatic rings. The predicted octanol–water partition coefficient (Wildman–Crippen LogP) is 1.40. The normalized spacial score (nSPS) is 24.5. The highest BCUT2D eigenvalue weighted by molar-refractivity contribution is 7.80. The molecule has 2 nitrogen and oxygen atoms in total. The summed E-state index contributed by atoms with van der Waals surface area (Å²) >= 11 is 4.33. The van der Waals surface area contributed by atoms with Crippen LogP contribution in [0.1, 0.15) is 27.2 Å². The molecule has 1 aliphatic rings. The fourth-order valence-electron chi connectivity index (χ4n) is 1.62. The van der Waals surface area contributed by atoms with E-state index in [0.29, 0.717) is 11.2 Å². The summed E-state index contributed by atoms with van der Waals surface area (Å²) in [5.74, 6) is 0.372. The first-order valence-corrected chi connectivity index (χ1v) is 5.58. The van der Waals surface area contributed by atoms with E-state index < -0.39 is 5.60 Å². The minimum absolute atomic E-state index is 0.372. The van der Waals surface area contributed by atoms with Crippen molar-refractivity contribution >= 4 is 12.6 Å². The second kappa shape index (κ2) is 4.20. The summed E-state index contributed by atoms with van der Waals surface area (Å²) in [6, 6.07) is 0. The molecule has 1 aliphatic heterocycles. The third-order valence-electron chi connectivity index (χ3n) is 2.93. The third-order valence-corrected chi connectivity index (χ3v) is 3.19. The zero-order valence-electron chi connectivity index (χ0n) is 8.82. The molecule has 0 aromatic carbocycles. The Labute approximate surface area is 86.7 Å². The molecule has 0 amide bonds. The number of β-amino-alcohol motifs (C(OH)–C–C–N with tert-alkyl or cyclic N) is 1. The Morgan fingerprint density at radius 2 is 1.92 bits per heavy atom. The largest absolute Gasteiger partial charge is 0.387 e. The van der Waals surface area contributed by atoms with Crippen molar-refractivity contribution in [3.8, 4) is 0 Å². The lowest BCUT2D eigenvalue weighted by Gasteiger charge is -2.49. The molecule has 1 N–H and O–H groups in total. The number of thiol groups is 1. The molecule has 3 heteroatoms. The smallest absolute Gasteiger partial charge is 0.0922 e. The number of hydrogen-bond acceptors (Lipinski definition) is 3. The van der Waals surface area contributed by atoms with Crippen molar-refractivity contribution in [1.29, 1.82) is 0 Å². The lowest BCUT2D eigenvalue weighted by Crippen LogP contribution is -2.64. The van der Waals surface area contributed by atoms with Crippen LogP contribution in [0.3, 0.4) is 0 Å². The van der Waals surface area contributed by atoms with Crippen molar-refractivity contribution in [3.63, 3.8) is 0 Å². The number of hydrogen-bond donors (Lipinski definition) is 2. The maximum atomic E-state index is 9.96. The van der Waals surface area contributed by atoms with Gasteiger partial charge in [0.25, 0.3) is 0 Å². The first-order valence-electron chi connectivity index (χ1n) is 5.07. The molecule has 0 radical (unpaired) electrons. The summed E-state index contributed by atoms with van der Waals surface area (Å²) in [7, 11) is 0. The van der Waals surface area contributed by atoms with Crippen LogP contribution in [0.4, 0.5) is 0 Å². The molecule has 0 bridgehead atoms. The maximum absolute atomic E-state index is 9.96. The van der Waals surface area contributed by atoms with Gasteiger partial charge >= 0.3 is 0 Å². The molecule has 78 valence electrons. The summed E-state index contributed by atoms with van der Waals surface area (Å²) in [6.07, 6.45) is 1.11. The maximum Gasteiger partial charge on any atom is 0.0922 e. The Hall–Kier alpha value is 0.270. The Morgan fingerprint density at radius 1 is 1.38 bits per heavy atom. The molecule has 1 saturated heterocycles. The SMILES string of the molecule is CC(S)CCN1CC(O)(C(C)C)C1. The van der Waals surface area contributed by atoms with Crippen molar-refractivity contribution in [3.05, 3.63) is 0 Å².